The van der Waals surface area contributed by atoms with Gasteiger partial charge in [-0.15, -0.1) is 0 Å². The molecule has 1 atom stereocenters. The summed E-state index contributed by atoms with van der Waals surface area (Å²) in [4.78, 5) is 37.1. The predicted molar refractivity (Wildman–Crippen MR) is 113 cm³/mol. The third-order valence-electron chi connectivity index (χ3n) is 5.82. The van der Waals surface area contributed by atoms with Crippen LogP contribution in [0.1, 0.15) is 97.3 Å². The average molecular weight is 415 g/mol. The Kier molecular flexibility index (Phi) is 15.3. The van der Waals surface area contributed by atoms with E-state index in [-0.39, 0.29) is 6.42 Å². The van der Waals surface area contributed by atoms with Gasteiger partial charge in [-0.1, -0.05) is 90.9 Å². The lowest BCUT2D eigenvalue weighted by molar-refractivity contribution is -0.180. The second-order valence-electron chi connectivity index (χ2n) is 7.84. The third-order valence-corrected chi connectivity index (χ3v) is 5.82. The molecule has 0 aliphatic rings. The summed E-state index contributed by atoms with van der Waals surface area (Å²) in [7, 11) is 3.67. The molecule has 1 unspecified atom stereocenters. The van der Waals surface area contributed by atoms with Crippen molar-refractivity contribution in [2.24, 2.45) is 11.3 Å². The summed E-state index contributed by atoms with van der Waals surface area (Å²) in [6.45, 7) is 3.75. The minimum absolute atomic E-state index is 0.208. The first-order chi connectivity index (χ1) is 13.9. The van der Waals surface area contributed by atoms with Crippen LogP contribution in [-0.2, 0) is 28.6 Å². The van der Waals surface area contributed by atoms with Crippen molar-refractivity contribution in [3.05, 3.63) is 0 Å². The van der Waals surface area contributed by atoms with Gasteiger partial charge in [0.1, 0.15) is 0 Å². The van der Waals surface area contributed by atoms with Crippen LogP contribution in [0.5, 0.6) is 0 Å². The number of hydrogen-bond donors (Lipinski definition) is 0. The zero-order valence-corrected chi connectivity index (χ0v) is 19.2. The van der Waals surface area contributed by atoms with Crippen molar-refractivity contribution in [3.63, 3.8) is 0 Å². The lowest BCUT2D eigenvalue weighted by atomic mass is 9.72. The fraction of sp³-hybridized carbons (Fsp3) is 0.870. The zero-order valence-electron chi connectivity index (χ0n) is 19.2. The minimum Gasteiger partial charge on any atom is -0.469 e. The van der Waals surface area contributed by atoms with E-state index in [0.717, 1.165) is 19.3 Å². The first kappa shape index (κ1) is 27.4. The van der Waals surface area contributed by atoms with Crippen LogP contribution in [0.3, 0.4) is 0 Å². The van der Waals surface area contributed by atoms with Crippen LogP contribution < -0.4 is 0 Å². The molecule has 0 fully saturated rings. The fourth-order valence-corrected chi connectivity index (χ4v) is 3.84. The van der Waals surface area contributed by atoms with Gasteiger partial charge >= 0.3 is 17.9 Å². The first-order valence-corrected chi connectivity index (χ1v) is 11.2. The number of methoxy groups -OCH3 is 3. The van der Waals surface area contributed by atoms with Gasteiger partial charge in [0.15, 0.2) is 5.41 Å². The predicted octanol–water partition coefficient (Wildman–Crippen LogP) is 5.22. The van der Waals surface area contributed by atoms with Crippen molar-refractivity contribution in [1.29, 1.82) is 0 Å². The highest BCUT2D eigenvalue weighted by atomic mass is 16.5. The van der Waals surface area contributed by atoms with Crippen molar-refractivity contribution in [3.8, 4) is 0 Å². The molecule has 29 heavy (non-hydrogen) atoms. The van der Waals surface area contributed by atoms with Gasteiger partial charge in [0, 0.05) is 0 Å². The Morgan fingerprint density at radius 2 is 1.03 bits per heavy atom. The molecule has 0 aliphatic carbocycles. The van der Waals surface area contributed by atoms with Gasteiger partial charge in [-0.25, -0.2) is 0 Å². The van der Waals surface area contributed by atoms with Gasteiger partial charge in [0.05, 0.1) is 27.2 Å². The van der Waals surface area contributed by atoms with Gasteiger partial charge in [-0.2, -0.15) is 0 Å². The highest BCUT2D eigenvalue weighted by Gasteiger charge is 2.55. The number of rotatable bonds is 17. The SMILES string of the molecule is CCCCCCCCCCCCCCC(C(=O)OC)(C(=O)OC)C(C)C(=O)OC. The molecule has 0 aromatic heterocycles. The number of ether oxygens (including phenoxy) is 3. The maximum Gasteiger partial charge on any atom is 0.324 e. The molecule has 0 bridgehead atoms. The summed E-state index contributed by atoms with van der Waals surface area (Å²) in [5.41, 5.74) is -1.66. The Labute approximate surface area is 177 Å². The smallest absolute Gasteiger partial charge is 0.324 e. The first-order valence-electron chi connectivity index (χ1n) is 11.2. The van der Waals surface area contributed by atoms with Gasteiger partial charge in [0.25, 0.3) is 0 Å². The largest absolute Gasteiger partial charge is 0.469 e. The maximum absolute atomic E-state index is 12.5. The summed E-state index contributed by atoms with van der Waals surface area (Å²) in [6, 6.07) is 0. The van der Waals surface area contributed by atoms with Crippen molar-refractivity contribution < 1.29 is 28.6 Å². The monoisotopic (exact) mass is 414 g/mol. The number of carbonyl (C=O) groups is 3. The highest BCUT2D eigenvalue weighted by molar-refractivity contribution is 6.03. The van der Waals surface area contributed by atoms with Crippen LogP contribution in [0.2, 0.25) is 0 Å². The quantitative estimate of drug-likeness (QED) is 0.140. The molecular formula is C23H42O6. The fourth-order valence-electron chi connectivity index (χ4n) is 3.84. The summed E-state index contributed by atoms with van der Waals surface area (Å²) in [5.74, 6) is -3.09. The Morgan fingerprint density at radius 3 is 1.38 bits per heavy atom. The van der Waals surface area contributed by atoms with Crippen LogP contribution in [0.15, 0.2) is 0 Å². The van der Waals surface area contributed by atoms with Crippen LogP contribution in [0.25, 0.3) is 0 Å². The molecule has 0 radical (unpaired) electrons. The van der Waals surface area contributed by atoms with E-state index in [4.69, 9.17) is 14.2 Å². The van der Waals surface area contributed by atoms with E-state index < -0.39 is 29.2 Å². The van der Waals surface area contributed by atoms with Crippen LogP contribution in [0.4, 0.5) is 0 Å². The minimum atomic E-state index is -1.66. The van der Waals surface area contributed by atoms with E-state index in [2.05, 4.69) is 6.92 Å². The molecule has 0 aliphatic heterocycles. The van der Waals surface area contributed by atoms with E-state index in [9.17, 15) is 14.4 Å². The number of unbranched alkanes of at least 4 members (excludes halogenated alkanes) is 11. The van der Waals surface area contributed by atoms with E-state index in [1.165, 1.54) is 79.6 Å². The Morgan fingerprint density at radius 1 is 0.655 bits per heavy atom. The molecule has 170 valence electrons. The zero-order chi connectivity index (χ0) is 22.1. The molecule has 0 N–H and O–H groups in total. The topological polar surface area (TPSA) is 78.9 Å². The van der Waals surface area contributed by atoms with Gasteiger partial charge in [-0.3, -0.25) is 14.4 Å². The molecular weight excluding hydrogens is 372 g/mol. The van der Waals surface area contributed by atoms with Crippen molar-refractivity contribution in [1.82, 2.24) is 0 Å². The molecule has 6 heteroatoms. The third kappa shape index (κ3) is 9.18. The van der Waals surface area contributed by atoms with E-state index in [0.29, 0.717) is 6.42 Å². The summed E-state index contributed by atoms with van der Waals surface area (Å²) in [6.07, 6.45) is 14.3. The van der Waals surface area contributed by atoms with Gasteiger partial charge in [0.2, 0.25) is 0 Å². The van der Waals surface area contributed by atoms with Crippen LogP contribution in [0, 0.1) is 11.3 Å². The van der Waals surface area contributed by atoms with Crippen molar-refractivity contribution >= 4 is 17.9 Å². The highest BCUT2D eigenvalue weighted by Crippen LogP contribution is 2.37. The average Bonchev–Trinajstić information content (AvgIpc) is 2.75. The molecule has 6 nitrogen and oxygen atoms in total. The molecule has 0 saturated heterocycles. The molecule has 0 rings (SSSR count). The normalized spacial score (nSPS) is 12.3. The lowest BCUT2D eigenvalue weighted by Crippen LogP contribution is -2.49. The van der Waals surface area contributed by atoms with Crippen LogP contribution in [-0.4, -0.2) is 39.2 Å². The maximum atomic E-state index is 12.5. The summed E-state index contributed by atoms with van der Waals surface area (Å²) in [5, 5.41) is 0. The van der Waals surface area contributed by atoms with Crippen molar-refractivity contribution in [2.45, 2.75) is 97.3 Å². The summed E-state index contributed by atoms with van der Waals surface area (Å²) >= 11 is 0. The van der Waals surface area contributed by atoms with Crippen molar-refractivity contribution in [2.75, 3.05) is 21.3 Å². The number of carbonyl (C=O) groups excluding carboxylic acids is 3. The van der Waals surface area contributed by atoms with Gasteiger partial charge in [-0.05, 0) is 6.42 Å². The Balaban J connectivity index is 4.46. The van der Waals surface area contributed by atoms with Gasteiger partial charge < -0.3 is 14.2 Å². The van der Waals surface area contributed by atoms with E-state index in [1.54, 1.807) is 0 Å². The van der Waals surface area contributed by atoms with Crippen LogP contribution >= 0.6 is 0 Å². The van der Waals surface area contributed by atoms with E-state index >= 15 is 0 Å². The second-order valence-corrected chi connectivity index (χ2v) is 7.84. The molecule has 0 aromatic carbocycles. The molecule has 0 saturated carbocycles. The molecule has 0 amide bonds. The molecule has 0 heterocycles. The second kappa shape index (κ2) is 16.2. The lowest BCUT2D eigenvalue weighted by Gasteiger charge is -2.32. The standard InChI is InChI=1S/C23H42O6/c1-6-7-8-9-10-11-12-13-14-15-16-17-18-23(21(25)28-4,22(26)29-5)19(2)20(24)27-3/h19H,6-18H2,1-5H3. The summed E-state index contributed by atoms with van der Waals surface area (Å²) < 4.78 is 14.5. The number of esters is 3. The molecule has 0 aromatic rings. The molecule has 0 spiro atoms. The van der Waals surface area contributed by atoms with E-state index in [1.807, 2.05) is 0 Å². The Hall–Kier alpha value is -1.59. The Bertz CT molecular complexity index is 458. The number of hydrogen-bond acceptors (Lipinski definition) is 6.